The zero-order valence-electron chi connectivity index (χ0n) is 40.5. The second kappa shape index (κ2) is 28.0. The van der Waals surface area contributed by atoms with Gasteiger partial charge in [0.05, 0.1) is 42.1 Å². The molecule has 0 atom stereocenters. The lowest BCUT2D eigenvalue weighted by atomic mass is 10.1. The number of nitrogens with one attached hydrogen (secondary N) is 1. The summed E-state index contributed by atoms with van der Waals surface area (Å²) in [6.07, 6.45) is 0.759. The zero-order valence-corrected chi connectivity index (χ0v) is 45.8. The van der Waals surface area contributed by atoms with E-state index in [1.807, 2.05) is 75.4 Å². The highest BCUT2D eigenvalue weighted by Gasteiger charge is 2.23. The molecule has 2 aromatic heterocycles. The number of fused-ring (bicyclic) bond motifs is 2. The molecule has 3 N–H and O–H groups in total. The Morgan fingerprint density at radius 3 is 1.70 bits per heavy atom. The number of rotatable bonds is 6. The molecule has 10 aromatic rings. The fraction of sp³-hybridized carbons (Fsp3) is 0.0702. The van der Waals surface area contributed by atoms with Crippen molar-refractivity contribution >= 4 is 132 Å². The molecule has 11 nitrogen and oxygen atoms in total. The minimum atomic E-state index is -1.10. The van der Waals surface area contributed by atoms with Gasteiger partial charge in [-0.05, 0) is 146 Å². The Morgan fingerprint density at radius 2 is 1.13 bits per heavy atom. The molecule has 0 unspecified atom stereocenters. The lowest BCUT2D eigenvalue weighted by Crippen LogP contribution is -2.14. The quantitative estimate of drug-likeness (QED) is 0.0414. The number of H-pyrrole nitrogens is 1. The summed E-state index contributed by atoms with van der Waals surface area (Å²) in [6.45, 7) is 5.69. The smallest absolute Gasteiger partial charge is 0.293 e. The highest BCUT2D eigenvalue weighted by Crippen LogP contribution is 2.35. The first-order chi connectivity index (χ1) is 37.0. The first kappa shape index (κ1) is 62.5. The molecule has 8 aromatic carbocycles. The summed E-state index contributed by atoms with van der Waals surface area (Å²) in [5.41, 5.74) is 12.7. The number of carbonyl (C=O) groups is 3. The number of hydrogen-bond acceptors (Lipinski definition) is 8. The molecule has 0 spiro atoms. The minimum Gasteiger partial charge on any atom is -0.393 e. The van der Waals surface area contributed by atoms with Crippen molar-refractivity contribution in [1.82, 2.24) is 19.5 Å². The van der Waals surface area contributed by atoms with Crippen molar-refractivity contribution in [1.29, 1.82) is 0 Å². The summed E-state index contributed by atoms with van der Waals surface area (Å²) in [4.78, 5) is 55.9. The van der Waals surface area contributed by atoms with Gasteiger partial charge in [0.25, 0.3) is 16.8 Å². The molecule has 0 saturated carbocycles. The molecule has 0 radical (unpaired) electrons. The van der Waals surface area contributed by atoms with E-state index in [0.29, 0.717) is 53.1 Å². The van der Waals surface area contributed by atoms with Crippen LogP contribution in [-0.4, -0.2) is 41.9 Å². The number of nitrogen functional groups attached to an aromatic ring is 1. The fourth-order valence-corrected chi connectivity index (χ4v) is 8.23. The SMILES string of the molecule is C.Cc1cccc(-c2nc3cc(Cl)ccc3n2C(=O)c2ccc(F)c(F)c2)c1Cl.Cc1cccc(-c2nc3ccc(Cl)cc3[nH]2)c1Cl.Cc1cccc(C=O)c1Cl.Nc1ccc(Cl)cc1[N+](=O)[O-].O=C(Cl)c1ccc(F)c(F)c1. The number of anilines is 1. The van der Waals surface area contributed by atoms with Crippen LogP contribution in [0.4, 0.5) is 28.9 Å². The second-order valence-corrected chi connectivity index (χ2v) is 19.2. The number of hydrogen-bond donors (Lipinski definition) is 2. The van der Waals surface area contributed by atoms with Crippen LogP contribution in [0.2, 0.25) is 30.1 Å². The monoisotopic (exact) mass is 1210 g/mol. The van der Waals surface area contributed by atoms with Crippen LogP contribution in [0.1, 0.15) is 55.2 Å². The Bertz CT molecular complexity index is 3920. The molecule has 0 fully saturated rings. The van der Waals surface area contributed by atoms with E-state index in [-0.39, 0.29) is 29.9 Å². The fourth-order valence-electron chi connectivity index (χ4n) is 7.01. The van der Waals surface area contributed by atoms with Crippen LogP contribution >= 0.6 is 81.2 Å². The molecule has 0 aliphatic rings. The van der Waals surface area contributed by atoms with Crippen molar-refractivity contribution in [3.8, 4) is 22.8 Å². The van der Waals surface area contributed by atoms with Gasteiger partial charge >= 0.3 is 0 Å². The van der Waals surface area contributed by atoms with Crippen LogP contribution in [0.15, 0.2) is 146 Å². The molecule has 0 bridgehead atoms. The molecule has 0 aliphatic heterocycles. The average molecular weight is 1210 g/mol. The third kappa shape index (κ3) is 15.7. The maximum Gasteiger partial charge on any atom is 0.293 e. The number of aromatic amines is 1. The summed E-state index contributed by atoms with van der Waals surface area (Å²) in [5.74, 6) is -3.70. The van der Waals surface area contributed by atoms with Gasteiger partial charge in [-0.3, -0.25) is 29.1 Å². The molecule has 0 aliphatic carbocycles. The Balaban J connectivity index is 0.000000194. The van der Waals surface area contributed by atoms with Gasteiger partial charge in [-0.15, -0.1) is 0 Å². The van der Waals surface area contributed by atoms with Gasteiger partial charge in [-0.25, -0.2) is 27.5 Å². The molecular formula is C57H41Cl7F4N6O5. The van der Waals surface area contributed by atoms with Crippen molar-refractivity contribution in [2.24, 2.45) is 0 Å². The number of aryl methyl sites for hydroxylation is 3. The zero-order chi connectivity index (χ0) is 57.1. The Morgan fingerprint density at radius 1 is 0.608 bits per heavy atom. The number of halogens is 11. The highest BCUT2D eigenvalue weighted by atomic mass is 35.5. The Kier molecular flexibility index (Phi) is 22.2. The molecule has 79 heavy (non-hydrogen) atoms. The first-order valence-corrected chi connectivity index (χ1v) is 25.0. The summed E-state index contributed by atoms with van der Waals surface area (Å²) < 4.78 is 52.9. The van der Waals surface area contributed by atoms with Gasteiger partial charge in [-0.2, -0.15) is 0 Å². The van der Waals surface area contributed by atoms with E-state index >= 15 is 0 Å². The molecule has 0 saturated heterocycles. The maximum atomic E-state index is 13.7. The van der Waals surface area contributed by atoms with Gasteiger partial charge in [-0.1, -0.05) is 119 Å². The number of nitro benzene ring substituents is 1. The van der Waals surface area contributed by atoms with Gasteiger partial charge in [0.15, 0.2) is 29.6 Å². The van der Waals surface area contributed by atoms with Crippen molar-refractivity contribution < 1.29 is 36.9 Å². The van der Waals surface area contributed by atoms with E-state index in [1.165, 1.54) is 28.8 Å². The van der Waals surface area contributed by atoms with Gasteiger partial charge < -0.3 is 10.7 Å². The third-order valence-electron chi connectivity index (χ3n) is 11.0. The number of nitrogens with two attached hydrogens (primary N) is 1. The van der Waals surface area contributed by atoms with E-state index in [2.05, 4.69) is 15.0 Å². The van der Waals surface area contributed by atoms with E-state index < -0.39 is 39.3 Å². The van der Waals surface area contributed by atoms with Crippen molar-refractivity contribution in [3.63, 3.8) is 0 Å². The average Bonchev–Trinajstić information content (AvgIpc) is 4.11. The van der Waals surface area contributed by atoms with E-state index in [4.69, 9.17) is 86.9 Å². The second-order valence-electron chi connectivity index (χ2n) is 16.4. The van der Waals surface area contributed by atoms with Crippen LogP contribution < -0.4 is 5.73 Å². The highest BCUT2D eigenvalue weighted by molar-refractivity contribution is 6.67. The number of nitrogens with zero attached hydrogens (tertiary/aromatic N) is 4. The minimum absolute atomic E-state index is 0. The van der Waals surface area contributed by atoms with Crippen LogP contribution in [0.3, 0.4) is 0 Å². The van der Waals surface area contributed by atoms with E-state index in [0.717, 1.165) is 80.8 Å². The van der Waals surface area contributed by atoms with Crippen molar-refractivity contribution in [2.75, 3.05) is 5.73 Å². The van der Waals surface area contributed by atoms with Crippen molar-refractivity contribution in [3.05, 3.63) is 242 Å². The molecule has 22 heteroatoms. The number of imidazole rings is 2. The lowest BCUT2D eigenvalue weighted by molar-refractivity contribution is -0.383. The number of nitro groups is 1. The molecular weight excluding hydrogens is 1170 g/mol. The lowest BCUT2D eigenvalue weighted by Gasteiger charge is -2.11. The first-order valence-electron chi connectivity index (χ1n) is 22.4. The largest absolute Gasteiger partial charge is 0.393 e. The number of aromatic nitrogens is 4. The predicted octanol–water partition coefficient (Wildman–Crippen LogP) is 18.4. The van der Waals surface area contributed by atoms with Gasteiger partial charge in [0.1, 0.15) is 17.3 Å². The normalized spacial score (nSPS) is 10.4. The summed E-state index contributed by atoms with van der Waals surface area (Å²) in [6, 6.07) is 37.0. The summed E-state index contributed by atoms with van der Waals surface area (Å²) >= 11 is 41.0. The molecule has 0 amide bonds. The standard InChI is InChI=1S/C21H12Cl2F2N2O.C14H10Cl2N2.C8H7ClO.C7H3ClF2O.C6H5ClN2O2.CH4/c1-11-3-2-4-14(19(11)23)20-26-17-10-13(22)6-8-18(17)27(20)21(28)12-5-7-15(24)16(25)9-12;1-8-3-2-4-10(13(8)16)14-17-11-6-5-9(15)7-12(11)18-14;1-6-3-2-4-7(5-10)8(6)9;8-7(11)4-1-2-5(9)6(10)3-4;7-4-1-2-5(8)6(3-4)9(10)11;/h2-10H,1H3;2-7H,1H3,(H,17,18);2-5H,1H3;1-3H;1-3H,8H2;1H4. The predicted molar refractivity (Wildman–Crippen MR) is 310 cm³/mol. The topological polar surface area (TPSA) is 167 Å². The van der Waals surface area contributed by atoms with E-state index in [1.54, 1.807) is 36.4 Å². The van der Waals surface area contributed by atoms with E-state index in [9.17, 15) is 42.1 Å². The molecule has 2 heterocycles. The molecule has 10 rings (SSSR count). The third-order valence-corrected chi connectivity index (χ3v) is 13.4. The van der Waals surface area contributed by atoms with Crippen LogP contribution in [0.25, 0.3) is 44.8 Å². The maximum absolute atomic E-state index is 13.7. The summed E-state index contributed by atoms with van der Waals surface area (Å²) in [5, 5.41) is 12.6. The van der Waals surface area contributed by atoms with Gasteiger partial charge in [0.2, 0.25) is 0 Å². The number of benzene rings is 8. The molecule has 406 valence electrons. The van der Waals surface area contributed by atoms with Crippen LogP contribution in [-0.2, 0) is 0 Å². The van der Waals surface area contributed by atoms with Crippen LogP contribution in [0, 0.1) is 54.2 Å². The Labute approximate surface area is 484 Å². The van der Waals surface area contributed by atoms with Crippen LogP contribution in [0.5, 0.6) is 0 Å². The number of aldehydes is 1. The summed E-state index contributed by atoms with van der Waals surface area (Å²) in [7, 11) is 0. The number of carbonyl (C=O) groups excluding carboxylic acids is 3. The Hall–Kier alpha value is -7.34. The van der Waals surface area contributed by atoms with Gasteiger partial charge in [0, 0.05) is 49.0 Å². The van der Waals surface area contributed by atoms with Crippen molar-refractivity contribution in [2.45, 2.75) is 28.2 Å².